The molecule has 1 saturated heterocycles. The molecule has 1 N–H and O–H groups in total. The van der Waals surface area contributed by atoms with Gasteiger partial charge in [0.15, 0.2) is 0 Å². The molecular formula is C21H23N3O8S. The first-order valence-corrected chi connectivity index (χ1v) is 11.5. The third-order valence-corrected chi connectivity index (χ3v) is 7.11. The monoisotopic (exact) mass is 477 g/mol. The number of nitro benzene ring substituents is 1. The van der Waals surface area contributed by atoms with Gasteiger partial charge < -0.3 is 9.84 Å². The van der Waals surface area contributed by atoms with Crippen molar-refractivity contribution in [2.24, 2.45) is 0 Å². The molecule has 0 spiro atoms. The molecule has 0 unspecified atom stereocenters. The molecule has 2 atom stereocenters. The fourth-order valence-electron chi connectivity index (χ4n) is 3.71. The lowest BCUT2D eigenvalue weighted by Gasteiger charge is -2.43. The second-order valence-electron chi connectivity index (χ2n) is 7.62. The molecule has 3 rings (SSSR count). The van der Waals surface area contributed by atoms with Crippen molar-refractivity contribution in [3.63, 3.8) is 0 Å². The highest BCUT2D eigenvalue weighted by atomic mass is 32.2. The van der Waals surface area contributed by atoms with Crippen LogP contribution in [0.3, 0.4) is 0 Å². The van der Waals surface area contributed by atoms with Crippen LogP contribution in [-0.4, -0.2) is 64.9 Å². The van der Waals surface area contributed by atoms with Crippen molar-refractivity contribution in [3.05, 3.63) is 70.3 Å². The number of hydrogen-bond acceptors (Lipinski definition) is 7. The fourth-order valence-corrected chi connectivity index (χ4v) is 5.27. The Bertz CT molecular complexity index is 1120. The Morgan fingerprint density at radius 1 is 1.12 bits per heavy atom. The predicted molar refractivity (Wildman–Crippen MR) is 116 cm³/mol. The lowest BCUT2D eigenvalue weighted by Crippen LogP contribution is -2.61. The van der Waals surface area contributed by atoms with E-state index in [0.29, 0.717) is 0 Å². The number of sulfonamides is 1. The summed E-state index contributed by atoms with van der Waals surface area (Å²) in [4.78, 5) is 35.5. The SMILES string of the molecule is C[C@H]1CN(S(=O)(=O)c2ccc([N+](=O)[O-])cc2)C[C@H](CC(=O)O)N1C(=O)OCc1ccccc1. The lowest BCUT2D eigenvalue weighted by molar-refractivity contribution is -0.384. The van der Waals surface area contributed by atoms with E-state index in [4.69, 9.17) is 4.74 Å². The van der Waals surface area contributed by atoms with Crippen LogP contribution in [0.25, 0.3) is 0 Å². The first-order chi connectivity index (χ1) is 15.6. The Balaban J connectivity index is 1.79. The zero-order valence-corrected chi connectivity index (χ0v) is 18.6. The Kier molecular flexibility index (Phi) is 7.29. The minimum atomic E-state index is -4.07. The van der Waals surface area contributed by atoms with Crippen molar-refractivity contribution < 1.29 is 32.8 Å². The molecule has 0 aliphatic carbocycles. The Morgan fingerprint density at radius 3 is 2.33 bits per heavy atom. The fraction of sp³-hybridized carbons (Fsp3) is 0.333. The average molecular weight is 477 g/mol. The molecule has 33 heavy (non-hydrogen) atoms. The molecular weight excluding hydrogens is 454 g/mol. The average Bonchev–Trinajstić information content (AvgIpc) is 2.77. The van der Waals surface area contributed by atoms with Gasteiger partial charge in [-0.25, -0.2) is 13.2 Å². The minimum Gasteiger partial charge on any atom is -0.481 e. The summed E-state index contributed by atoms with van der Waals surface area (Å²) in [6.07, 6.45) is -1.21. The van der Waals surface area contributed by atoms with Crippen LogP contribution in [0.4, 0.5) is 10.5 Å². The molecule has 176 valence electrons. The first kappa shape index (κ1) is 24.1. The van der Waals surface area contributed by atoms with Gasteiger partial charge in [0.05, 0.1) is 22.3 Å². The van der Waals surface area contributed by atoms with Crippen LogP contribution >= 0.6 is 0 Å². The van der Waals surface area contributed by atoms with E-state index in [1.807, 2.05) is 6.07 Å². The number of benzene rings is 2. The van der Waals surface area contributed by atoms with E-state index in [1.165, 1.54) is 4.90 Å². The maximum absolute atomic E-state index is 13.1. The summed E-state index contributed by atoms with van der Waals surface area (Å²) in [6, 6.07) is 11.8. The summed E-state index contributed by atoms with van der Waals surface area (Å²) < 4.78 is 32.7. The molecule has 1 heterocycles. The van der Waals surface area contributed by atoms with Crippen molar-refractivity contribution in [1.82, 2.24) is 9.21 Å². The molecule has 1 aliphatic rings. The highest BCUT2D eigenvalue weighted by molar-refractivity contribution is 7.89. The second kappa shape index (κ2) is 9.96. The van der Waals surface area contributed by atoms with Gasteiger partial charge in [0, 0.05) is 31.3 Å². The summed E-state index contributed by atoms with van der Waals surface area (Å²) in [6.45, 7) is 1.26. The quantitative estimate of drug-likeness (QED) is 0.472. The summed E-state index contributed by atoms with van der Waals surface area (Å²) in [7, 11) is -4.07. The molecule has 1 amide bonds. The maximum atomic E-state index is 13.1. The van der Waals surface area contributed by atoms with Crippen molar-refractivity contribution in [2.45, 2.75) is 36.9 Å². The number of aliphatic carboxylic acids is 1. The summed E-state index contributed by atoms with van der Waals surface area (Å²) in [5.74, 6) is -1.19. The molecule has 2 aromatic rings. The smallest absolute Gasteiger partial charge is 0.410 e. The van der Waals surface area contributed by atoms with Crippen LogP contribution in [0.15, 0.2) is 59.5 Å². The number of carbonyl (C=O) groups is 2. The molecule has 0 bridgehead atoms. The Morgan fingerprint density at radius 2 is 1.76 bits per heavy atom. The third-order valence-electron chi connectivity index (χ3n) is 5.26. The van der Waals surface area contributed by atoms with E-state index in [1.54, 1.807) is 31.2 Å². The minimum absolute atomic E-state index is 0.00646. The number of nitrogens with zero attached hydrogens (tertiary/aromatic N) is 3. The number of nitro groups is 1. The summed E-state index contributed by atoms with van der Waals surface area (Å²) in [5.41, 5.74) is 0.504. The van der Waals surface area contributed by atoms with E-state index in [2.05, 4.69) is 0 Å². The van der Waals surface area contributed by atoms with Gasteiger partial charge in [-0.2, -0.15) is 4.31 Å². The number of non-ortho nitro benzene ring substituents is 1. The highest BCUT2D eigenvalue weighted by Gasteiger charge is 2.41. The van der Waals surface area contributed by atoms with Crippen molar-refractivity contribution in [2.75, 3.05) is 13.1 Å². The van der Waals surface area contributed by atoms with Gasteiger partial charge in [-0.15, -0.1) is 0 Å². The Labute approximate surface area is 190 Å². The number of hydrogen-bond donors (Lipinski definition) is 1. The van der Waals surface area contributed by atoms with Crippen LogP contribution in [0.2, 0.25) is 0 Å². The van der Waals surface area contributed by atoms with Gasteiger partial charge in [0.1, 0.15) is 6.61 Å². The number of carboxylic acid groups (broad SMARTS) is 1. The molecule has 1 aliphatic heterocycles. The van der Waals surface area contributed by atoms with Crippen LogP contribution in [0.5, 0.6) is 0 Å². The molecule has 0 saturated carbocycles. The lowest BCUT2D eigenvalue weighted by atomic mass is 10.1. The molecule has 12 heteroatoms. The van der Waals surface area contributed by atoms with Gasteiger partial charge in [-0.05, 0) is 24.6 Å². The molecule has 11 nitrogen and oxygen atoms in total. The van der Waals surface area contributed by atoms with Crippen LogP contribution in [-0.2, 0) is 26.2 Å². The van der Waals surface area contributed by atoms with Crippen LogP contribution in [0.1, 0.15) is 18.9 Å². The molecule has 2 aromatic carbocycles. The van der Waals surface area contributed by atoms with Crippen LogP contribution in [0, 0.1) is 10.1 Å². The number of ether oxygens (including phenoxy) is 1. The largest absolute Gasteiger partial charge is 0.481 e. The van der Waals surface area contributed by atoms with Crippen molar-refractivity contribution in [1.29, 1.82) is 0 Å². The Hall–Kier alpha value is -3.51. The van der Waals surface area contributed by atoms with E-state index in [9.17, 15) is 33.2 Å². The summed E-state index contributed by atoms with van der Waals surface area (Å²) >= 11 is 0. The standard InChI is InChI=1S/C21H23N3O8S/c1-15-12-22(33(30,31)19-9-7-17(8-10-19)24(28)29)13-18(11-20(25)26)23(15)21(27)32-14-16-5-3-2-4-6-16/h2-10,15,18H,11-14H2,1H3,(H,25,26)/t15-,18-/m0/s1. The molecule has 0 aromatic heterocycles. The number of carbonyl (C=O) groups excluding carboxylic acids is 1. The van der Waals surface area contributed by atoms with Crippen molar-refractivity contribution in [3.8, 4) is 0 Å². The predicted octanol–water partition coefficient (Wildman–Crippen LogP) is 2.47. The van der Waals surface area contributed by atoms with Gasteiger partial charge in [0.2, 0.25) is 10.0 Å². The number of amides is 1. The van der Waals surface area contributed by atoms with Crippen molar-refractivity contribution >= 4 is 27.8 Å². The molecule has 1 fully saturated rings. The first-order valence-electron chi connectivity index (χ1n) is 10.0. The van der Waals surface area contributed by atoms with E-state index in [-0.39, 0.29) is 30.3 Å². The van der Waals surface area contributed by atoms with Gasteiger partial charge in [-0.1, -0.05) is 30.3 Å². The highest BCUT2D eigenvalue weighted by Crippen LogP contribution is 2.26. The van der Waals surface area contributed by atoms with E-state index >= 15 is 0 Å². The topological polar surface area (TPSA) is 147 Å². The number of carboxylic acids is 1. The number of rotatable bonds is 7. The molecule has 0 radical (unpaired) electrons. The van der Waals surface area contributed by atoms with Gasteiger partial charge >= 0.3 is 12.1 Å². The van der Waals surface area contributed by atoms with Crippen LogP contribution < -0.4 is 0 Å². The zero-order chi connectivity index (χ0) is 24.2. The van der Waals surface area contributed by atoms with E-state index in [0.717, 1.165) is 34.1 Å². The summed E-state index contributed by atoms with van der Waals surface area (Å²) in [5, 5.41) is 20.2. The second-order valence-corrected chi connectivity index (χ2v) is 9.56. The van der Waals surface area contributed by atoms with E-state index < -0.39 is 45.5 Å². The third kappa shape index (κ3) is 5.65. The maximum Gasteiger partial charge on any atom is 0.410 e. The normalized spacial score (nSPS) is 19.1. The van der Waals surface area contributed by atoms with Gasteiger partial charge in [-0.3, -0.25) is 19.8 Å². The number of piperazine rings is 1. The van der Waals surface area contributed by atoms with Gasteiger partial charge in [0.25, 0.3) is 5.69 Å². The zero-order valence-electron chi connectivity index (χ0n) is 17.7.